The third kappa shape index (κ3) is 6.03. The van der Waals surface area contributed by atoms with Crippen LogP contribution in [0.25, 0.3) is 10.9 Å². The number of sulfonamides is 1. The highest BCUT2D eigenvalue weighted by molar-refractivity contribution is 7.93. The minimum absolute atomic E-state index is 0.00438. The molecule has 1 aliphatic heterocycles. The number of anilines is 1. The maximum Gasteiger partial charge on any atom is 0.416 e. The van der Waals surface area contributed by atoms with E-state index in [2.05, 4.69) is 9.71 Å². The van der Waals surface area contributed by atoms with E-state index in [4.69, 9.17) is 0 Å². The highest BCUT2D eigenvalue weighted by atomic mass is 32.2. The monoisotopic (exact) mass is 587 g/mol. The Kier molecular flexibility index (Phi) is 7.47. The summed E-state index contributed by atoms with van der Waals surface area (Å²) in [5.74, 6) is -0.955. The van der Waals surface area contributed by atoms with Gasteiger partial charge in [-0.1, -0.05) is 18.2 Å². The Bertz CT molecular complexity index is 1700. The molecule has 0 bridgehead atoms. The molecule has 0 atom stereocenters. The lowest BCUT2D eigenvalue weighted by Crippen LogP contribution is -2.48. The predicted molar refractivity (Wildman–Crippen MR) is 144 cm³/mol. The summed E-state index contributed by atoms with van der Waals surface area (Å²) in [4.78, 5) is 18.4. The van der Waals surface area contributed by atoms with Gasteiger partial charge in [0, 0.05) is 42.3 Å². The van der Waals surface area contributed by atoms with Crippen molar-refractivity contribution in [2.45, 2.75) is 35.9 Å². The minimum atomic E-state index is -4.53. The van der Waals surface area contributed by atoms with E-state index >= 15 is 0 Å². The van der Waals surface area contributed by atoms with Crippen LogP contribution in [0.1, 0.15) is 34.3 Å². The van der Waals surface area contributed by atoms with E-state index in [1.165, 1.54) is 65.7 Å². The van der Waals surface area contributed by atoms with Gasteiger partial charge in [-0.05, 0) is 73.0 Å². The Morgan fingerprint density at radius 3 is 2.34 bits per heavy atom. The molecule has 1 aliphatic rings. The quantitative estimate of drug-likeness (QED) is 0.294. The molecule has 2 N–H and O–H groups in total. The number of hydrogen-bond donors (Lipinski definition) is 2. The Labute approximate surface area is 233 Å². The Hall–Kier alpha value is -4.03. The number of piperidine rings is 1. The number of hydrogen-bond acceptors (Lipinski definition) is 5. The number of carbonyl (C=O) groups is 1. The van der Waals surface area contributed by atoms with E-state index in [1.54, 1.807) is 0 Å². The molecule has 41 heavy (non-hydrogen) atoms. The number of carbonyl (C=O) groups excluding carboxylic acids is 1. The van der Waals surface area contributed by atoms with Gasteiger partial charge in [-0.2, -0.15) is 13.2 Å². The summed E-state index contributed by atoms with van der Waals surface area (Å²) in [6.45, 7) is 0.283. The Morgan fingerprint density at radius 1 is 0.976 bits per heavy atom. The van der Waals surface area contributed by atoms with E-state index in [-0.39, 0.29) is 70.9 Å². The first-order valence-electron chi connectivity index (χ1n) is 12.7. The number of nitrogens with one attached hydrogen (secondary N) is 1. The molecule has 1 saturated heterocycles. The second kappa shape index (κ2) is 10.7. The molecule has 214 valence electrons. The molecule has 0 unspecified atom stereocenters. The summed E-state index contributed by atoms with van der Waals surface area (Å²) in [7, 11) is -4.13. The standard InChI is InChI=1S/C29H25F4N3O4S/c30-24-11-12-25(26-22(24)5-3-15-34-26)41(39,40)35-21-9-7-19(8-10-21)27(37)36-16-13-28(38,14-17-36)18-20-4-1-2-6-23(20)29(31,32)33/h1-12,15,35,38H,13-14,16-18H2. The number of fused-ring (bicyclic) bond motifs is 1. The fraction of sp³-hybridized carbons (Fsp3) is 0.241. The molecule has 1 fully saturated rings. The van der Waals surface area contributed by atoms with Crippen molar-refractivity contribution in [3.63, 3.8) is 0 Å². The van der Waals surface area contributed by atoms with Gasteiger partial charge in [0.25, 0.3) is 15.9 Å². The summed E-state index contributed by atoms with van der Waals surface area (Å²) in [5.41, 5.74) is -1.74. The van der Waals surface area contributed by atoms with E-state index in [0.717, 1.165) is 18.2 Å². The second-order valence-corrected chi connectivity index (χ2v) is 11.6. The zero-order valence-electron chi connectivity index (χ0n) is 21.5. The van der Waals surface area contributed by atoms with Gasteiger partial charge in [0.15, 0.2) is 0 Å². The number of amides is 1. The largest absolute Gasteiger partial charge is 0.416 e. The molecule has 1 amide bonds. The molecule has 4 aromatic rings. The number of pyridine rings is 1. The maximum atomic E-state index is 14.1. The molecule has 5 rings (SSSR count). The topological polar surface area (TPSA) is 99.6 Å². The summed E-state index contributed by atoms with van der Waals surface area (Å²) < 4.78 is 82.7. The zero-order valence-corrected chi connectivity index (χ0v) is 22.3. The number of aliphatic hydroxyl groups is 1. The van der Waals surface area contributed by atoms with Crippen LogP contribution in [-0.4, -0.2) is 48.0 Å². The summed E-state index contributed by atoms with van der Waals surface area (Å²) >= 11 is 0. The number of aromatic nitrogens is 1. The van der Waals surface area contributed by atoms with Gasteiger partial charge in [0.2, 0.25) is 0 Å². The van der Waals surface area contributed by atoms with Crippen LogP contribution in [0.5, 0.6) is 0 Å². The normalized spacial score (nSPS) is 15.6. The van der Waals surface area contributed by atoms with Crippen LogP contribution in [0.3, 0.4) is 0 Å². The van der Waals surface area contributed by atoms with Crippen molar-refractivity contribution in [3.8, 4) is 0 Å². The number of nitrogens with zero attached hydrogens (tertiary/aromatic N) is 2. The summed E-state index contributed by atoms with van der Waals surface area (Å²) in [6.07, 6.45) is -3.15. The fourth-order valence-electron chi connectivity index (χ4n) is 5.01. The molecule has 12 heteroatoms. The SMILES string of the molecule is O=C(c1ccc(NS(=O)(=O)c2ccc(F)c3cccnc23)cc1)N1CCC(O)(Cc2ccccc2C(F)(F)F)CC1. The number of likely N-dealkylation sites (tertiary alicyclic amines) is 1. The first-order valence-corrected chi connectivity index (χ1v) is 14.2. The van der Waals surface area contributed by atoms with E-state index in [9.17, 15) is 35.9 Å². The van der Waals surface area contributed by atoms with Crippen LogP contribution < -0.4 is 4.72 Å². The van der Waals surface area contributed by atoms with Gasteiger partial charge in [-0.3, -0.25) is 14.5 Å². The molecule has 1 aromatic heterocycles. The van der Waals surface area contributed by atoms with E-state index in [0.29, 0.717) is 0 Å². The van der Waals surface area contributed by atoms with Crippen LogP contribution in [-0.2, 0) is 22.6 Å². The first-order chi connectivity index (χ1) is 19.4. The van der Waals surface area contributed by atoms with Crippen molar-refractivity contribution in [1.82, 2.24) is 9.88 Å². The molecule has 0 saturated carbocycles. The van der Waals surface area contributed by atoms with Gasteiger partial charge in [-0.25, -0.2) is 12.8 Å². The van der Waals surface area contributed by atoms with Gasteiger partial charge in [0.05, 0.1) is 16.7 Å². The third-order valence-corrected chi connectivity index (χ3v) is 8.59. The fourth-order valence-corrected chi connectivity index (χ4v) is 6.23. The third-order valence-electron chi connectivity index (χ3n) is 7.18. The molecule has 2 heterocycles. The van der Waals surface area contributed by atoms with Crippen LogP contribution in [0.15, 0.2) is 83.9 Å². The van der Waals surface area contributed by atoms with Crippen molar-refractivity contribution >= 4 is 32.5 Å². The zero-order chi connectivity index (χ0) is 29.4. The van der Waals surface area contributed by atoms with E-state index in [1.807, 2.05) is 0 Å². The molecular formula is C29H25F4N3O4S. The maximum absolute atomic E-state index is 14.1. The summed E-state index contributed by atoms with van der Waals surface area (Å²) in [6, 6.07) is 16.0. The summed E-state index contributed by atoms with van der Waals surface area (Å²) in [5, 5.41) is 11.1. The van der Waals surface area contributed by atoms with Crippen LogP contribution in [0, 0.1) is 5.82 Å². The van der Waals surface area contributed by atoms with Crippen molar-refractivity contribution in [2.24, 2.45) is 0 Å². The lowest BCUT2D eigenvalue weighted by Gasteiger charge is -2.38. The first kappa shape index (κ1) is 28.5. The minimum Gasteiger partial charge on any atom is -0.389 e. The number of benzene rings is 3. The number of rotatable bonds is 6. The van der Waals surface area contributed by atoms with Crippen molar-refractivity contribution in [3.05, 3.63) is 102 Å². The number of halogens is 4. The van der Waals surface area contributed by atoms with Gasteiger partial charge in [0.1, 0.15) is 10.7 Å². The molecule has 7 nitrogen and oxygen atoms in total. The lowest BCUT2D eigenvalue weighted by molar-refractivity contribution is -0.138. The average molecular weight is 588 g/mol. The van der Waals surface area contributed by atoms with E-state index < -0.39 is 33.2 Å². The van der Waals surface area contributed by atoms with Crippen LogP contribution in [0.2, 0.25) is 0 Å². The number of alkyl halides is 3. The molecule has 0 radical (unpaired) electrons. The Morgan fingerprint density at radius 2 is 1.66 bits per heavy atom. The van der Waals surface area contributed by atoms with Gasteiger partial charge >= 0.3 is 6.18 Å². The molecule has 3 aromatic carbocycles. The molecular weight excluding hydrogens is 562 g/mol. The van der Waals surface area contributed by atoms with Crippen molar-refractivity contribution in [1.29, 1.82) is 0 Å². The van der Waals surface area contributed by atoms with Crippen molar-refractivity contribution < 1.29 is 35.9 Å². The van der Waals surface area contributed by atoms with Crippen LogP contribution in [0.4, 0.5) is 23.2 Å². The van der Waals surface area contributed by atoms with Crippen molar-refractivity contribution in [2.75, 3.05) is 17.8 Å². The molecule has 0 aliphatic carbocycles. The highest BCUT2D eigenvalue weighted by Gasteiger charge is 2.38. The smallest absolute Gasteiger partial charge is 0.389 e. The van der Waals surface area contributed by atoms with Crippen LogP contribution >= 0.6 is 0 Å². The molecule has 0 spiro atoms. The average Bonchev–Trinajstić information content (AvgIpc) is 2.93. The highest BCUT2D eigenvalue weighted by Crippen LogP contribution is 2.35. The van der Waals surface area contributed by atoms with Gasteiger partial charge < -0.3 is 10.0 Å². The Balaban J connectivity index is 1.24. The second-order valence-electron chi connectivity index (χ2n) is 9.98. The predicted octanol–water partition coefficient (Wildman–Crippen LogP) is 5.40. The van der Waals surface area contributed by atoms with Gasteiger partial charge in [-0.15, -0.1) is 0 Å². The lowest BCUT2D eigenvalue weighted by atomic mass is 9.83.